The molecule has 7 heteroatoms. The number of nitrogens with zero attached hydrogens (tertiary/aromatic N) is 2. The van der Waals surface area contributed by atoms with Crippen LogP contribution in [-0.2, 0) is 5.41 Å². The van der Waals surface area contributed by atoms with Crippen LogP contribution in [0, 0.1) is 11.6 Å². The molecule has 0 saturated heterocycles. The molecule has 0 radical (unpaired) electrons. The van der Waals surface area contributed by atoms with E-state index in [4.69, 9.17) is 4.52 Å². The van der Waals surface area contributed by atoms with Crippen LogP contribution in [0.5, 0.6) is 0 Å². The molecule has 0 bridgehead atoms. The van der Waals surface area contributed by atoms with E-state index in [-0.39, 0.29) is 22.8 Å². The normalized spacial score (nSPS) is 18.5. The van der Waals surface area contributed by atoms with Gasteiger partial charge in [0.05, 0.1) is 5.41 Å². The number of nitrogens with one attached hydrogen (secondary N) is 1. The quantitative estimate of drug-likeness (QED) is 0.723. The molecule has 1 aromatic carbocycles. The summed E-state index contributed by atoms with van der Waals surface area (Å²) >= 11 is 0. The highest BCUT2D eigenvalue weighted by molar-refractivity contribution is 5.54. The lowest BCUT2D eigenvalue weighted by molar-refractivity contribution is 0.381. The molecule has 2 aliphatic rings. The Hall–Kier alpha value is -2.83. The van der Waals surface area contributed by atoms with Crippen molar-refractivity contribution in [2.24, 2.45) is 0 Å². The van der Waals surface area contributed by atoms with E-state index in [0.29, 0.717) is 24.3 Å². The Balaban J connectivity index is 1.60. The third-order valence-corrected chi connectivity index (χ3v) is 5.88. The molecule has 144 valence electrons. The summed E-state index contributed by atoms with van der Waals surface area (Å²) in [7, 11) is 0. The van der Waals surface area contributed by atoms with Crippen LogP contribution >= 0.6 is 0 Å². The van der Waals surface area contributed by atoms with Gasteiger partial charge in [0.1, 0.15) is 11.6 Å². The van der Waals surface area contributed by atoms with Crippen LogP contribution in [0.25, 0.3) is 11.5 Å². The molecule has 2 aromatic heterocycles. The molecule has 2 saturated carbocycles. The molecule has 0 spiro atoms. The Kier molecular flexibility index (Phi) is 3.92. The molecule has 0 atom stereocenters. The molecular formula is C21H19F2N3O2. The molecule has 2 fully saturated rings. The number of benzene rings is 1. The second kappa shape index (κ2) is 6.36. The van der Waals surface area contributed by atoms with Gasteiger partial charge >= 0.3 is 0 Å². The Morgan fingerprint density at radius 2 is 1.82 bits per heavy atom. The van der Waals surface area contributed by atoms with Gasteiger partial charge in [-0.05, 0) is 49.8 Å². The predicted molar refractivity (Wildman–Crippen MR) is 97.9 cm³/mol. The molecule has 2 heterocycles. The van der Waals surface area contributed by atoms with Crippen LogP contribution in [-0.4, -0.2) is 15.1 Å². The number of hydrogen-bond donors (Lipinski definition) is 1. The van der Waals surface area contributed by atoms with Crippen molar-refractivity contribution < 1.29 is 13.3 Å². The fourth-order valence-corrected chi connectivity index (χ4v) is 4.36. The third kappa shape index (κ3) is 2.77. The lowest BCUT2D eigenvalue weighted by atomic mass is 9.77. The summed E-state index contributed by atoms with van der Waals surface area (Å²) in [5.74, 6) is -0.354. The molecule has 0 unspecified atom stereocenters. The van der Waals surface area contributed by atoms with Crippen molar-refractivity contribution in [3.05, 3.63) is 69.4 Å². The first-order valence-corrected chi connectivity index (χ1v) is 9.60. The molecule has 0 amide bonds. The third-order valence-electron chi connectivity index (χ3n) is 5.88. The van der Waals surface area contributed by atoms with E-state index in [2.05, 4.69) is 15.1 Å². The summed E-state index contributed by atoms with van der Waals surface area (Å²) in [5.41, 5.74) is 0.223. The van der Waals surface area contributed by atoms with Gasteiger partial charge in [-0.1, -0.05) is 24.1 Å². The average molecular weight is 383 g/mol. The van der Waals surface area contributed by atoms with E-state index < -0.39 is 17.0 Å². The summed E-state index contributed by atoms with van der Waals surface area (Å²) in [6.45, 7) is 0. The summed E-state index contributed by atoms with van der Waals surface area (Å²) < 4.78 is 34.6. The van der Waals surface area contributed by atoms with Crippen LogP contribution in [0.2, 0.25) is 0 Å². The van der Waals surface area contributed by atoms with Gasteiger partial charge < -0.3 is 9.51 Å². The molecule has 3 aromatic rings. The van der Waals surface area contributed by atoms with Crippen molar-refractivity contribution in [1.29, 1.82) is 0 Å². The maximum absolute atomic E-state index is 14.6. The van der Waals surface area contributed by atoms with Gasteiger partial charge in [-0.2, -0.15) is 4.98 Å². The Bertz CT molecular complexity index is 1070. The van der Waals surface area contributed by atoms with Crippen LogP contribution in [0.15, 0.2) is 39.6 Å². The van der Waals surface area contributed by atoms with Crippen molar-refractivity contribution in [1.82, 2.24) is 15.1 Å². The lowest BCUT2D eigenvalue weighted by Crippen LogP contribution is -2.28. The second-order valence-electron chi connectivity index (χ2n) is 7.77. The Morgan fingerprint density at radius 3 is 2.50 bits per heavy atom. The maximum Gasteiger partial charge on any atom is 0.258 e. The van der Waals surface area contributed by atoms with Crippen molar-refractivity contribution in [2.75, 3.05) is 0 Å². The molecule has 5 nitrogen and oxygen atoms in total. The fourth-order valence-electron chi connectivity index (χ4n) is 4.36. The number of rotatable bonds is 4. The number of aromatic nitrogens is 3. The van der Waals surface area contributed by atoms with Crippen molar-refractivity contribution in [2.45, 2.75) is 49.9 Å². The summed E-state index contributed by atoms with van der Waals surface area (Å²) in [4.78, 5) is 19.3. The van der Waals surface area contributed by atoms with Gasteiger partial charge in [-0.15, -0.1) is 0 Å². The Labute approximate surface area is 159 Å². The zero-order valence-electron chi connectivity index (χ0n) is 15.2. The first-order valence-electron chi connectivity index (χ1n) is 9.60. The minimum Gasteiger partial charge on any atom is -0.334 e. The van der Waals surface area contributed by atoms with Crippen molar-refractivity contribution >= 4 is 0 Å². The van der Waals surface area contributed by atoms with E-state index in [0.717, 1.165) is 31.4 Å². The van der Waals surface area contributed by atoms with Crippen molar-refractivity contribution in [3.8, 4) is 11.5 Å². The molecule has 2 aliphatic carbocycles. The predicted octanol–water partition coefficient (Wildman–Crippen LogP) is 4.44. The van der Waals surface area contributed by atoms with Gasteiger partial charge in [0, 0.05) is 22.9 Å². The highest BCUT2D eigenvalue weighted by Gasteiger charge is 2.45. The highest BCUT2D eigenvalue weighted by Crippen LogP contribution is 2.47. The van der Waals surface area contributed by atoms with E-state index in [9.17, 15) is 13.6 Å². The number of aromatic amines is 1. The van der Waals surface area contributed by atoms with Gasteiger partial charge in [0.15, 0.2) is 5.82 Å². The monoisotopic (exact) mass is 383 g/mol. The molecule has 28 heavy (non-hydrogen) atoms. The number of hydrogen-bond acceptors (Lipinski definition) is 4. The van der Waals surface area contributed by atoms with E-state index in [1.54, 1.807) is 0 Å². The summed E-state index contributed by atoms with van der Waals surface area (Å²) in [6.07, 6.45) is 4.84. The molecular weight excluding hydrogens is 364 g/mol. The summed E-state index contributed by atoms with van der Waals surface area (Å²) in [5, 5.41) is 4.09. The fraction of sp³-hybridized carbons (Fsp3) is 0.381. The van der Waals surface area contributed by atoms with E-state index in [1.807, 2.05) is 6.07 Å². The second-order valence-corrected chi connectivity index (χ2v) is 7.77. The van der Waals surface area contributed by atoms with Gasteiger partial charge in [-0.3, -0.25) is 4.79 Å². The lowest BCUT2D eigenvalue weighted by Gasteiger charge is -2.26. The van der Waals surface area contributed by atoms with Crippen LogP contribution in [0.3, 0.4) is 0 Å². The van der Waals surface area contributed by atoms with Gasteiger partial charge in [-0.25, -0.2) is 8.78 Å². The standard InChI is InChI=1S/C21H19F2N3O2/c22-14-4-3-5-15(23)18(14)21(8-1-2-9-21)20-25-19(28-26-20)13-10-16(12-6-7-12)24-17(27)11-13/h3-5,10-12H,1-2,6-9H2,(H,24,27). The number of halogens is 2. The molecule has 0 aliphatic heterocycles. The van der Waals surface area contributed by atoms with Gasteiger partial charge in [0.2, 0.25) is 5.56 Å². The topological polar surface area (TPSA) is 71.8 Å². The first-order chi connectivity index (χ1) is 13.6. The van der Waals surface area contributed by atoms with Crippen LogP contribution < -0.4 is 5.56 Å². The Morgan fingerprint density at radius 1 is 1.11 bits per heavy atom. The smallest absolute Gasteiger partial charge is 0.258 e. The first kappa shape index (κ1) is 17.3. The van der Waals surface area contributed by atoms with Crippen molar-refractivity contribution in [3.63, 3.8) is 0 Å². The van der Waals surface area contributed by atoms with Crippen LogP contribution in [0.4, 0.5) is 8.78 Å². The molecule has 5 rings (SSSR count). The number of H-pyrrole nitrogens is 1. The average Bonchev–Trinajstić information content (AvgIpc) is 3.19. The minimum atomic E-state index is -0.947. The molecule has 1 N–H and O–H groups in total. The van der Waals surface area contributed by atoms with Gasteiger partial charge in [0.25, 0.3) is 5.89 Å². The zero-order valence-corrected chi connectivity index (χ0v) is 15.2. The SMILES string of the molecule is O=c1cc(-c2nc(C3(c4c(F)cccc4F)CCCC3)no2)cc(C2CC2)[nH]1. The number of pyridine rings is 1. The highest BCUT2D eigenvalue weighted by atomic mass is 19.1. The van der Waals surface area contributed by atoms with E-state index in [1.165, 1.54) is 24.3 Å². The van der Waals surface area contributed by atoms with Crippen LogP contribution in [0.1, 0.15) is 61.5 Å². The minimum absolute atomic E-state index is 0.00410. The van der Waals surface area contributed by atoms with E-state index >= 15 is 0 Å². The zero-order chi connectivity index (χ0) is 19.3. The summed E-state index contributed by atoms with van der Waals surface area (Å²) in [6, 6.07) is 7.14. The largest absolute Gasteiger partial charge is 0.334 e. The maximum atomic E-state index is 14.6.